The first kappa shape index (κ1) is 27.4. The van der Waals surface area contributed by atoms with Crippen LogP contribution in [0.1, 0.15) is 56.2 Å². The molecule has 3 heterocycles. The van der Waals surface area contributed by atoms with Gasteiger partial charge in [-0.05, 0) is 24.2 Å². The molecule has 0 spiro atoms. The number of hydrogen-bond donors (Lipinski definition) is 0. The quantitative estimate of drug-likeness (QED) is 0.423. The van der Waals surface area contributed by atoms with Gasteiger partial charge < -0.3 is 19.6 Å². The fraction of sp³-hybridized carbons (Fsp3) is 0.571. The van der Waals surface area contributed by atoms with Crippen molar-refractivity contribution in [3.05, 3.63) is 47.2 Å². The van der Waals surface area contributed by atoms with E-state index in [4.69, 9.17) is 9.97 Å². The van der Waals surface area contributed by atoms with E-state index < -0.39 is 0 Å². The molecule has 4 rings (SSSR count). The zero-order chi connectivity index (χ0) is 26.6. The van der Waals surface area contributed by atoms with Crippen molar-refractivity contribution in [3.8, 4) is 0 Å². The van der Waals surface area contributed by atoms with E-state index in [1.54, 1.807) is 23.6 Å². The lowest BCUT2D eigenvalue weighted by atomic mass is 9.92. The molecule has 0 unspecified atom stereocenters. The second-order valence-electron chi connectivity index (χ2n) is 10.8. The van der Waals surface area contributed by atoms with E-state index in [0.717, 1.165) is 60.7 Å². The summed E-state index contributed by atoms with van der Waals surface area (Å²) in [6.07, 6.45) is 0. The fourth-order valence-corrected chi connectivity index (χ4v) is 5.42. The Morgan fingerprint density at radius 1 is 0.892 bits per heavy atom. The van der Waals surface area contributed by atoms with Gasteiger partial charge in [0.1, 0.15) is 5.82 Å². The van der Waals surface area contributed by atoms with E-state index >= 15 is 0 Å². The predicted molar refractivity (Wildman–Crippen MR) is 149 cm³/mol. The second kappa shape index (κ2) is 11.8. The van der Waals surface area contributed by atoms with Crippen LogP contribution in [0.15, 0.2) is 35.5 Å². The third-order valence-corrected chi connectivity index (χ3v) is 8.10. The van der Waals surface area contributed by atoms with Crippen LogP contribution < -0.4 is 4.90 Å². The zero-order valence-electron chi connectivity index (χ0n) is 22.9. The van der Waals surface area contributed by atoms with E-state index in [9.17, 15) is 9.59 Å². The second-order valence-corrected chi connectivity index (χ2v) is 11.8. The van der Waals surface area contributed by atoms with Crippen molar-refractivity contribution in [1.29, 1.82) is 0 Å². The van der Waals surface area contributed by atoms with Crippen LogP contribution >= 0.6 is 11.8 Å². The van der Waals surface area contributed by atoms with Gasteiger partial charge in [0, 0.05) is 82.1 Å². The molecule has 2 aliphatic rings. The molecule has 0 aliphatic carbocycles. The molecule has 0 radical (unpaired) electrons. The standard InChI is InChI=1S/C28H40N6O2S/c1-6-31-11-13-33(14-12-31)25-19-24(28(3,4)5)29-27(30-25)37-20-22-7-9-23(10-8-22)26(36)34-17-15-32(16-18-34)21(2)35/h7-10,19H,6,11-18,20H2,1-5H3. The number of anilines is 1. The van der Waals surface area contributed by atoms with E-state index in [-0.39, 0.29) is 17.2 Å². The number of nitrogens with zero attached hydrogens (tertiary/aromatic N) is 6. The number of rotatable bonds is 6. The van der Waals surface area contributed by atoms with Crippen molar-refractivity contribution in [2.24, 2.45) is 0 Å². The lowest BCUT2D eigenvalue weighted by molar-refractivity contribution is -0.130. The van der Waals surface area contributed by atoms with Crippen molar-refractivity contribution >= 4 is 29.4 Å². The van der Waals surface area contributed by atoms with Crippen molar-refractivity contribution in [3.63, 3.8) is 0 Å². The van der Waals surface area contributed by atoms with Gasteiger partial charge in [0.2, 0.25) is 5.91 Å². The Balaban J connectivity index is 1.40. The van der Waals surface area contributed by atoms with Gasteiger partial charge in [0.25, 0.3) is 5.91 Å². The SMILES string of the molecule is CCN1CCN(c2cc(C(C)(C)C)nc(SCc3ccc(C(=O)N4CCN(C(C)=O)CC4)cc3)n2)CC1. The zero-order valence-corrected chi connectivity index (χ0v) is 23.7. The van der Waals surface area contributed by atoms with Gasteiger partial charge in [-0.15, -0.1) is 0 Å². The lowest BCUT2D eigenvalue weighted by Gasteiger charge is -2.35. The first-order valence-electron chi connectivity index (χ1n) is 13.3. The number of likely N-dealkylation sites (N-methyl/N-ethyl adjacent to an activating group) is 1. The van der Waals surface area contributed by atoms with Crippen molar-refractivity contribution in [2.75, 3.05) is 63.8 Å². The molecule has 2 aromatic rings. The Morgan fingerprint density at radius 3 is 2.08 bits per heavy atom. The summed E-state index contributed by atoms with van der Waals surface area (Å²) in [5, 5.41) is 0.795. The summed E-state index contributed by atoms with van der Waals surface area (Å²) in [4.78, 5) is 42.8. The molecule has 0 saturated carbocycles. The number of benzene rings is 1. The highest BCUT2D eigenvalue weighted by Gasteiger charge is 2.24. The molecule has 2 amide bonds. The molecular formula is C28H40N6O2S. The Bertz CT molecular complexity index is 1080. The van der Waals surface area contributed by atoms with Crippen molar-refractivity contribution < 1.29 is 9.59 Å². The highest BCUT2D eigenvalue weighted by molar-refractivity contribution is 7.98. The van der Waals surface area contributed by atoms with E-state index in [2.05, 4.69) is 43.6 Å². The number of hydrogen-bond acceptors (Lipinski definition) is 7. The van der Waals surface area contributed by atoms with Crippen LogP contribution in [0.25, 0.3) is 0 Å². The maximum atomic E-state index is 12.9. The molecule has 2 aliphatic heterocycles. The maximum absolute atomic E-state index is 12.9. The molecule has 37 heavy (non-hydrogen) atoms. The topological polar surface area (TPSA) is 72.9 Å². The summed E-state index contributed by atoms with van der Waals surface area (Å²) < 4.78 is 0. The number of aromatic nitrogens is 2. The van der Waals surface area contributed by atoms with Crippen LogP contribution in [0.3, 0.4) is 0 Å². The Labute approximate surface area is 225 Å². The summed E-state index contributed by atoms with van der Waals surface area (Å²) in [5.74, 6) is 1.85. The van der Waals surface area contributed by atoms with Gasteiger partial charge in [-0.2, -0.15) is 0 Å². The summed E-state index contributed by atoms with van der Waals surface area (Å²) in [6.45, 7) is 17.9. The lowest BCUT2D eigenvalue weighted by Crippen LogP contribution is -2.50. The highest BCUT2D eigenvalue weighted by atomic mass is 32.2. The monoisotopic (exact) mass is 524 g/mol. The highest BCUT2D eigenvalue weighted by Crippen LogP contribution is 2.29. The number of piperazine rings is 2. The van der Waals surface area contributed by atoms with E-state index in [1.165, 1.54) is 0 Å². The average molecular weight is 525 g/mol. The van der Waals surface area contributed by atoms with Gasteiger partial charge >= 0.3 is 0 Å². The first-order valence-corrected chi connectivity index (χ1v) is 14.3. The smallest absolute Gasteiger partial charge is 0.253 e. The molecule has 1 aromatic carbocycles. The number of carbonyl (C=O) groups is 2. The third-order valence-electron chi connectivity index (χ3n) is 7.19. The molecule has 0 atom stereocenters. The summed E-state index contributed by atoms with van der Waals surface area (Å²) in [6, 6.07) is 10.00. The average Bonchev–Trinajstić information content (AvgIpc) is 2.91. The summed E-state index contributed by atoms with van der Waals surface area (Å²) in [5.41, 5.74) is 2.81. The maximum Gasteiger partial charge on any atom is 0.253 e. The van der Waals surface area contributed by atoms with Crippen LogP contribution in [0.2, 0.25) is 0 Å². The molecule has 0 bridgehead atoms. The Morgan fingerprint density at radius 2 is 1.51 bits per heavy atom. The minimum Gasteiger partial charge on any atom is -0.354 e. The van der Waals surface area contributed by atoms with Crippen molar-refractivity contribution in [1.82, 2.24) is 24.7 Å². The third kappa shape index (κ3) is 7.02. The number of thioether (sulfide) groups is 1. The van der Waals surface area contributed by atoms with E-state index in [1.807, 2.05) is 29.2 Å². The predicted octanol–water partition coefficient (Wildman–Crippen LogP) is 3.51. The van der Waals surface area contributed by atoms with Crippen molar-refractivity contribution in [2.45, 2.75) is 50.9 Å². The largest absolute Gasteiger partial charge is 0.354 e. The molecule has 2 fully saturated rings. The number of amides is 2. The normalized spacial score (nSPS) is 17.3. The molecule has 2 saturated heterocycles. The fourth-order valence-electron chi connectivity index (χ4n) is 4.62. The molecule has 9 heteroatoms. The minimum atomic E-state index is -0.0594. The molecule has 0 N–H and O–H groups in total. The molecule has 200 valence electrons. The number of carbonyl (C=O) groups excluding carboxylic acids is 2. The Kier molecular flexibility index (Phi) is 8.75. The van der Waals surface area contributed by atoms with Gasteiger partial charge in [0.15, 0.2) is 5.16 Å². The molecular weight excluding hydrogens is 484 g/mol. The van der Waals surface area contributed by atoms with Crippen LogP contribution in [0, 0.1) is 0 Å². The van der Waals surface area contributed by atoms with Crippen LogP contribution in [0.4, 0.5) is 5.82 Å². The van der Waals surface area contributed by atoms with Gasteiger partial charge in [0.05, 0.1) is 5.69 Å². The van der Waals surface area contributed by atoms with E-state index in [0.29, 0.717) is 31.7 Å². The van der Waals surface area contributed by atoms with Crippen LogP contribution in [-0.2, 0) is 16.0 Å². The van der Waals surface area contributed by atoms with Crippen LogP contribution in [-0.4, -0.2) is 95.4 Å². The van der Waals surface area contributed by atoms with Gasteiger partial charge in [-0.1, -0.05) is 51.6 Å². The minimum absolute atomic E-state index is 0.0245. The van der Waals surface area contributed by atoms with Gasteiger partial charge in [-0.25, -0.2) is 9.97 Å². The Hall–Kier alpha value is -2.65. The van der Waals surface area contributed by atoms with Crippen LogP contribution in [0.5, 0.6) is 0 Å². The first-order chi connectivity index (χ1) is 17.6. The summed E-state index contributed by atoms with van der Waals surface area (Å²) >= 11 is 1.64. The summed E-state index contributed by atoms with van der Waals surface area (Å²) in [7, 11) is 0. The molecule has 8 nitrogen and oxygen atoms in total. The molecule has 1 aromatic heterocycles. The van der Waals surface area contributed by atoms with Gasteiger partial charge in [-0.3, -0.25) is 9.59 Å².